The van der Waals surface area contributed by atoms with Gasteiger partial charge < -0.3 is 10.2 Å². The van der Waals surface area contributed by atoms with E-state index >= 15 is 0 Å². The molecule has 2 saturated heterocycles. The minimum atomic E-state index is -0.0649. The molecule has 2 aromatic carbocycles. The molecule has 2 atom stereocenters. The van der Waals surface area contributed by atoms with Crippen LogP contribution >= 0.6 is 0 Å². The highest BCUT2D eigenvalue weighted by molar-refractivity contribution is 5.61. The van der Waals surface area contributed by atoms with E-state index in [1.165, 1.54) is 24.8 Å². The average molecular weight is 426 g/mol. The molecule has 2 aliphatic heterocycles. The van der Waals surface area contributed by atoms with Crippen LogP contribution in [0.5, 0.6) is 0 Å². The predicted octanol–water partition coefficient (Wildman–Crippen LogP) is 3.89. The molecule has 0 bridgehead atoms. The van der Waals surface area contributed by atoms with Crippen molar-refractivity contribution < 1.29 is 0 Å². The highest BCUT2D eigenvalue weighted by Crippen LogP contribution is 2.41. The quantitative estimate of drug-likeness (QED) is 0.729. The fourth-order valence-corrected chi connectivity index (χ4v) is 5.67. The molecule has 0 radical (unpaired) electrons. The fourth-order valence-electron chi connectivity index (χ4n) is 5.67. The van der Waals surface area contributed by atoms with Crippen molar-refractivity contribution in [1.29, 1.82) is 10.5 Å². The molecule has 164 valence electrons. The molecular weight excluding hydrogens is 394 g/mol. The molecule has 0 aromatic heterocycles. The molecule has 2 heterocycles. The number of piperidine rings is 1. The zero-order valence-electron chi connectivity index (χ0n) is 18.6. The van der Waals surface area contributed by atoms with Gasteiger partial charge in [-0.15, -0.1) is 0 Å². The molecule has 5 nitrogen and oxygen atoms in total. The van der Waals surface area contributed by atoms with Gasteiger partial charge in [0.25, 0.3) is 0 Å². The molecule has 0 amide bonds. The summed E-state index contributed by atoms with van der Waals surface area (Å²) in [5.41, 5.74) is 3.12. The van der Waals surface area contributed by atoms with Gasteiger partial charge in [-0.05, 0) is 62.5 Å². The Labute approximate surface area is 191 Å². The predicted molar refractivity (Wildman–Crippen MR) is 126 cm³/mol. The van der Waals surface area contributed by atoms with Crippen LogP contribution in [0.4, 0.5) is 5.69 Å². The lowest BCUT2D eigenvalue weighted by atomic mass is 9.81. The highest BCUT2D eigenvalue weighted by atomic mass is 15.4. The van der Waals surface area contributed by atoms with Gasteiger partial charge in [-0.25, -0.2) is 0 Å². The molecule has 1 aliphatic carbocycles. The lowest BCUT2D eigenvalue weighted by Crippen LogP contribution is -2.71. The van der Waals surface area contributed by atoms with Gasteiger partial charge >= 0.3 is 0 Å². The van der Waals surface area contributed by atoms with Crippen molar-refractivity contribution >= 4 is 5.69 Å². The van der Waals surface area contributed by atoms with Crippen molar-refractivity contribution in [2.24, 2.45) is 5.92 Å². The second-order valence-electron chi connectivity index (χ2n) is 9.74. The molecule has 0 unspecified atom stereocenters. The van der Waals surface area contributed by atoms with Crippen LogP contribution in [0, 0.1) is 28.6 Å². The summed E-state index contributed by atoms with van der Waals surface area (Å²) in [6.07, 6.45) is 4.20. The van der Waals surface area contributed by atoms with E-state index in [1.54, 1.807) is 0 Å². The van der Waals surface area contributed by atoms with Crippen LogP contribution in [0.15, 0.2) is 54.6 Å². The lowest BCUT2D eigenvalue weighted by molar-refractivity contribution is 0.0299. The maximum atomic E-state index is 9.52. The molecule has 5 rings (SSSR count). The van der Waals surface area contributed by atoms with E-state index in [4.69, 9.17) is 0 Å². The lowest BCUT2D eigenvalue weighted by Gasteiger charge is -2.57. The number of hydrogen-bond acceptors (Lipinski definition) is 5. The van der Waals surface area contributed by atoms with Crippen LogP contribution in [0.1, 0.15) is 42.7 Å². The summed E-state index contributed by atoms with van der Waals surface area (Å²) in [5, 5.41) is 22.8. The summed E-state index contributed by atoms with van der Waals surface area (Å²) in [6.45, 7) is 4.91. The number of rotatable bonds is 7. The molecule has 1 N–H and O–H groups in total. The molecule has 3 fully saturated rings. The number of nitrogens with zero attached hydrogens (tertiary/aromatic N) is 4. The Morgan fingerprint density at radius 1 is 0.969 bits per heavy atom. The second-order valence-corrected chi connectivity index (χ2v) is 9.74. The summed E-state index contributed by atoms with van der Waals surface area (Å²) in [7, 11) is 0. The van der Waals surface area contributed by atoms with Crippen molar-refractivity contribution in [3.8, 4) is 12.1 Å². The molecule has 3 aliphatic rings. The molecule has 32 heavy (non-hydrogen) atoms. The van der Waals surface area contributed by atoms with E-state index in [1.807, 2.05) is 24.3 Å². The van der Waals surface area contributed by atoms with Crippen molar-refractivity contribution in [3.63, 3.8) is 0 Å². The van der Waals surface area contributed by atoms with Gasteiger partial charge in [0.2, 0.25) is 0 Å². The Morgan fingerprint density at radius 3 is 2.41 bits per heavy atom. The zero-order chi connectivity index (χ0) is 22.0. The third kappa shape index (κ3) is 4.11. The van der Waals surface area contributed by atoms with Crippen LogP contribution in [-0.2, 0) is 0 Å². The molecule has 2 aromatic rings. The number of para-hydroxylation sites is 1. The van der Waals surface area contributed by atoms with E-state index < -0.39 is 0 Å². The Bertz CT molecular complexity index is 1010. The van der Waals surface area contributed by atoms with Crippen LogP contribution in [0.2, 0.25) is 0 Å². The first-order chi connectivity index (χ1) is 15.7. The molecule has 0 spiro atoms. The van der Waals surface area contributed by atoms with Gasteiger partial charge in [0.1, 0.15) is 6.07 Å². The number of likely N-dealkylation sites (tertiary alicyclic amines) is 1. The topological polar surface area (TPSA) is 66.1 Å². The minimum absolute atomic E-state index is 0.0649. The van der Waals surface area contributed by atoms with E-state index in [-0.39, 0.29) is 5.54 Å². The molecule has 1 saturated carbocycles. The first-order valence-corrected chi connectivity index (χ1v) is 11.9. The number of anilines is 1. The van der Waals surface area contributed by atoms with E-state index in [2.05, 4.69) is 57.6 Å². The first-order valence-electron chi connectivity index (χ1n) is 11.9. The average Bonchev–Trinajstić information content (AvgIpc) is 3.61. The Morgan fingerprint density at radius 2 is 1.69 bits per heavy atom. The molecular formula is C27H31N5. The van der Waals surface area contributed by atoms with E-state index in [0.29, 0.717) is 18.4 Å². The number of nitriles is 2. The summed E-state index contributed by atoms with van der Waals surface area (Å²) >= 11 is 0. The van der Waals surface area contributed by atoms with Crippen molar-refractivity contribution in [3.05, 3.63) is 65.7 Å². The maximum Gasteiger partial charge on any atom is 0.101 e. The van der Waals surface area contributed by atoms with Crippen molar-refractivity contribution in [1.82, 2.24) is 10.2 Å². The third-order valence-corrected chi connectivity index (χ3v) is 7.72. The summed E-state index contributed by atoms with van der Waals surface area (Å²) in [5.74, 6) is 1.41. The van der Waals surface area contributed by atoms with E-state index in [9.17, 15) is 10.5 Å². The molecule has 5 heteroatoms. The SMILES string of the molecule is N#CCC1(N2CCC(CN[C@@H]3C[C@H]3c3ccccc3)CC2)CN(c2ccccc2C#N)C1. The second kappa shape index (κ2) is 8.94. The fraction of sp³-hybridized carbons (Fsp3) is 0.481. The summed E-state index contributed by atoms with van der Waals surface area (Å²) in [6, 6.07) is 24.0. The number of nitrogens with one attached hydrogen (secondary N) is 1. The van der Waals surface area contributed by atoms with Crippen molar-refractivity contribution in [2.75, 3.05) is 37.6 Å². The van der Waals surface area contributed by atoms with Crippen LogP contribution in [0.3, 0.4) is 0 Å². The number of hydrogen-bond donors (Lipinski definition) is 1. The van der Waals surface area contributed by atoms with Crippen LogP contribution in [0.25, 0.3) is 0 Å². The van der Waals surface area contributed by atoms with Gasteiger partial charge in [0.15, 0.2) is 0 Å². The van der Waals surface area contributed by atoms with E-state index in [0.717, 1.165) is 49.9 Å². The van der Waals surface area contributed by atoms with Gasteiger partial charge in [-0.2, -0.15) is 10.5 Å². The van der Waals surface area contributed by atoms with Gasteiger partial charge in [-0.3, -0.25) is 4.90 Å². The Balaban J connectivity index is 1.12. The Kier molecular flexibility index (Phi) is 5.87. The largest absolute Gasteiger partial charge is 0.367 e. The highest BCUT2D eigenvalue weighted by Gasteiger charge is 2.48. The smallest absolute Gasteiger partial charge is 0.101 e. The first kappa shape index (κ1) is 21.0. The standard InChI is InChI=1S/C27H31N5/c28-13-12-27(19-31(20-27)26-9-5-4-8-23(26)17-29)32-14-10-21(11-15-32)18-30-25-16-24(25)22-6-2-1-3-7-22/h1-9,21,24-25,30H,10-12,14-16,18-20H2/t24-,25+/m0/s1. The van der Waals surface area contributed by atoms with Crippen LogP contribution in [-0.4, -0.2) is 49.2 Å². The van der Waals surface area contributed by atoms with Gasteiger partial charge in [-0.1, -0.05) is 42.5 Å². The third-order valence-electron chi connectivity index (χ3n) is 7.72. The summed E-state index contributed by atoms with van der Waals surface area (Å²) in [4.78, 5) is 4.82. The van der Waals surface area contributed by atoms with Crippen molar-refractivity contribution in [2.45, 2.75) is 43.2 Å². The minimum Gasteiger partial charge on any atom is -0.367 e. The Hall–Kier alpha value is -2.86. The van der Waals surface area contributed by atoms with Gasteiger partial charge in [0, 0.05) is 25.0 Å². The maximum absolute atomic E-state index is 9.52. The number of benzene rings is 2. The van der Waals surface area contributed by atoms with Gasteiger partial charge in [0.05, 0.1) is 29.3 Å². The monoisotopic (exact) mass is 425 g/mol. The normalized spacial score (nSPS) is 24.9. The zero-order valence-corrected chi connectivity index (χ0v) is 18.6. The summed E-state index contributed by atoms with van der Waals surface area (Å²) < 4.78 is 0. The van der Waals surface area contributed by atoms with Crippen LogP contribution < -0.4 is 10.2 Å².